The van der Waals surface area contributed by atoms with E-state index in [0.29, 0.717) is 43.2 Å². The summed E-state index contributed by atoms with van der Waals surface area (Å²) in [7, 11) is 0. The van der Waals surface area contributed by atoms with Crippen LogP contribution in [0.2, 0.25) is 5.02 Å². The standard InChI is InChI=1S/C22H26ClN3O2/c1-2-16-3-5-17(6-4-16)7-10-21(27)26-13-11-18(12-14-26)22(28)25-20-9-8-19(23)15-24-20/h3-6,8-9,15,18H,2,7,10-14H2,1H3,(H,24,25,28). The Morgan fingerprint density at radius 2 is 1.79 bits per heavy atom. The molecular weight excluding hydrogens is 374 g/mol. The Balaban J connectivity index is 1.42. The molecule has 0 unspecified atom stereocenters. The van der Waals surface area contributed by atoms with Gasteiger partial charge in [-0.1, -0.05) is 42.8 Å². The molecule has 0 spiro atoms. The Morgan fingerprint density at radius 3 is 2.39 bits per heavy atom. The van der Waals surface area contributed by atoms with Crippen LogP contribution >= 0.6 is 11.6 Å². The molecule has 2 aromatic rings. The molecule has 2 amide bonds. The topological polar surface area (TPSA) is 62.3 Å². The lowest BCUT2D eigenvalue weighted by atomic mass is 9.95. The molecule has 28 heavy (non-hydrogen) atoms. The molecule has 0 bridgehead atoms. The number of hydrogen-bond acceptors (Lipinski definition) is 3. The summed E-state index contributed by atoms with van der Waals surface area (Å²) in [5.41, 5.74) is 2.50. The van der Waals surface area contributed by atoms with Crippen molar-refractivity contribution in [3.63, 3.8) is 0 Å². The number of pyridine rings is 1. The van der Waals surface area contributed by atoms with Gasteiger partial charge in [0.15, 0.2) is 0 Å². The molecule has 1 saturated heterocycles. The van der Waals surface area contributed by atoms with Gasteiger partial charge in [0.1, 0.15) is 5.82 Å². The molecule has 148 valence electrons. The monoisotopic (exact) mass is 399 g/mol. The fourth-order valence-corrected chi connectivity index (χ4v) is 3.53. The van der Waals surface area contributed by atoms with Crippen LogP contribution in [0.3, 0.4) is 0 Å². The van der Waals surface area contributed by atoms with E-state index in [9.17, 15) is 9.59 Å². The van der Waals surface area contributed by atoms with E-state index in [-0.39, 0.29) is 17.7 Å². The predicted molar refractivity (Wildman–Crippen MR) is 111 cm³/mol. The van der Waals surface area contributed by atoms with E-state index in [1.807, 2.05) is 4.90 Å². The van der Waals surface area contributed by atoms with Crippen molar-refractivity contribution < 1.29 is 9.59 Å². The van der Waals surface area contributed by atoms with E-state index in [0.717, 1.165) is 12.8 Å². The Labute approximate surface area is 171 Å². The van der Waals surface area contributed by atoms with E-state index >= 15 is 0 Å². The number of benzene rings is 1. The minimum absolute atomic E-state index is 0.0436. The van der Waals surface area contributed by atoms with Crippen LogP contribution in [0.4, 0.5) is 5.82 Å². The first kappa shape index (κ1) is 20.3. The third-order valence-electron chi connectivity index (χ3n) is 5.26. The molecule has 1 aromatic carbocycles. The second kappa shape index (κ2) is 9.69. The van der Waals surface area contributed by atoms with Crippen LogP contribution in [0.5, 0.6) is 0 Å². The number of piperidine rings is 1. The Hall–Kier alpha value is -2.40. The number of carbonyl (C=O) groups is 2. The number of hydrogen-bond donors (Lipinski definition) is 1. The first-order valence-corrected chi connectivity index (χ1v) is 10.2. The molecule has 0 saturated carbocycles. The maximum atomic E-state index is 12.5. The van der Waals surface area contributed by atoms with E-state index < -0.39 is 0 Å². The van der Waals surface area contributed by atoms with Gasteiger partial charge in [0.2, 0.25) is 11.8 Å². The second-order valence-corrected chi connectivity index (χ2v) is 7.61. The normalized spacial score (nSPS) is 14.7. The number of aromatic nitrogens is 1. The third-order valence-corrected chi connectivity index (χ3v) is 5.48. The Bertz CT molecular complexity index is 798. The molecule has 5 nitrogen and oxygen atoms in total. The molecule has 0 atom stereocenters. The van der Waals surface area contributed by atoms with Crippen LogP contribution in [0.15, 0.2) is 42.6 Å². The van der Waals surface area contributed by atoms with Crippen molar-refractivity contribution in [2.45, 2.75) is 39.0 Å². The number of aryl methyl sites for hydroxylation is 2. The number of likely N-dealkylation sites (tertiary alicyclic amines) is 1. The van der Waals surface area contributed by atoms with Crippen molar-refractivity contribution in [3.05, 3.63) is 58.7 Å². The summed E-state index contributed by atoms with van der Waals surface area (Å²) in [6, 6.07) is 11.8. The zero-order valence-corrected chi connectivity index (χ0v) is 16.9. The molecular formula is C22H26ClN3O2. The first-order valence-electron chi connectivity index (χ1n) is 9.83. The highest BCUT2D eigenvalue weighted by Gasteiger charge is 2.27. The third kappa shape index (κ3) is 5.55. The number of rotatable bonds is 6. The van der Waals surface area contributed by atoms with Crippen LogP contribution < -0.4 is 5.32 Å². The maximum absolute atomic E-state index is 12.5. The summed E-state index contributed by atoms with van der Waals surface area (Å²) >= 11 is 5.81. The van der Waals surface area contributed by atoms with Crippen LogP contribution in [0.1, 0.15) is 37.3 Å². The molecule has 1 aliphatic heterocycles. The lowest BCUT2D eigenvalue weighted by Crippen LogP contribution is -2.41. The Morgan fingerprint density at radius 1 is 1.11 bits per heavy atom. The summed E-state index contributed by atoms with van der Waals surface area (Å²) in [6.45, 7) is 3.38. The summed E-state index contributed by atoms with van der Waals surface area (Å²) in [5, 5.41) is 3.36. The van der Waals surface area contributed by atoms with Gasteiger partial charge in [-0.15, -0.1) is 0 Å². The van der Waals surface area contributed by atoms with Crippen LogP contribution in [-0.2, 0) is 22.4 Å². The highest BCUT2D eigenvalue weighted by atomic mass is 35.5. The second-order valence-electron chi connectivity index (χ2n) is 7.18. The average Bonchev–Trinajstić information content (AvgIpc) is 2.74. The van der Waals surface area contributed by atoms with Gasteiger partial charge in [-0.3, -0.25) is 9.59 Å². The van der Waals surface area contributed by atoms with Crippen LogP contribution in [0, 0.1) is 5.92 Å². The highest BCUT2D eigenvalue weighted by molar-refractivity contribution is 6.30. The molecule has 1 fully saturated rings. The van der Waals surface area contributed by atoms with E-state index in [4.69, 9.17) is 11.6 Å². The van der Waals surface area contributed by atoms with Crippen molar-refractivity contribution >= 4 is 29.2 Å². The quantitative estimate of drug-likeness (QED) is 0.795. The van der Waals surface area contributed by atoms with Crippen LogP contribution in [-0.4, -0.2) is 34.8 Å². The molecule has 0 radical (unpaired) electrons. The van der Waals surface area contributed by atoms with Crippen molar-refractivity contribution in [1.82, 2.24) is 9.88 Å². The summed E-state index contributed by atoms with van der Waals surface area (Å²) in [5.74, 6) is 0.529. The molecule has 1 aliphatic rings. The first-order chi connectivity index (χ1) is 13.5. The highest BCUT2D eigenvalue weighted by Crippen LogP contribution is 2.20. The molecule has 1 N–H and O–H groups in total. The number of nitrogens with zero attached hydrogens (tertiary/aromatic N) is 2. The number of halogens is 1. The maximum Gasteiger partial charge on any atom is 0.228 e. The minimum Gasteiger partial charge on any atom is -0.343 e. The van der Waals surface area contributed by atoms with Gasteiger partial charge >= 0.3 is 0 Å². The molecule has 6 heteroatoms. The smallest absolute Gasteiger partial charge is 0.228 e. The van der Waals surface area contributed by atoms with Crippen molar-refractivity contribution in [3.8, 4) is 0 Å². The van der Waals surface area contributed by atoms with Gasteiger partial charge in [0, 0.05) is 31.6 Å². The van der Waals surface area contributed by atoms with Gasteiger partial charge in [-0.25, -0.2) is 4.98 Å². The zero-order valence-electron chi connectivity index (χ0n) is 16.2. The van der Waals surface area contributed by atoms with Crippen LogP contribution in [0.25, 0.3) is 0 Å². The number of carbonyl (C=O) groups excluding carboxylic acids is 2. The van der Waals surface area contributed by atoms with Crippen molar-refractivity contribution in [2.75, 3.05) is 18.4 Å². The van der Waals surface area contributed by atoms with Gasteiger partial charge in [0.05, 0.1) is 5.02 Å². The molecule has 1 aromatic heterocycles. The van der Waals surface area contributed by atoms with Crippen molar-refractivity contribution in [2.24, 2.45) is 5.92 Å². The summed E-state index contributed by atoms with van der Waals surface area (Å²) < 4.78 is 0. The fourth-order valence-electron chi connectivity index (χ4n) is 3.42. The van der Waals surface area contributed by atoms with Gasteiger partial charge in [-0.05, 0) is 48.9 Å². The molecule has 0 aliphatic carbocycles. The zero-order chi connectivity index (χ0) is 19.9. The SMILES string of the molecule is CCc1ccc(CCC(=O)N2CCC(C(=O)Nc3ccc(Cl)cn3)CC2)cc1. The van der Waals surface area contributed by atoms with Crippen molar-refractivity contribution in [1.29, 1.82) is 0 Å². The largest absolute Gasteiger partial charge is 0.343 e. The van der Waals surface area contributed by atoms with E-state index in [1.54, 1.807) is 12.1 Å². The molecule has 3 rings (SSSR count). The van der Waals surface area contributed by atoms with Gasteiger partial charge < -0.3 is 10.2 Å². The van der Waals surface area contributed by atoms with Gasteiger partial charge in [-0.2, -0.15) is 0 Å². The minimum atomic E-state index is -0.0943. The number of amides is 2. The van der Waals surface area contributed by atoms with Gasteiger partial charge in [0.25, 0.3) is 0 Å². The number of nitrogens with one attached hydrogen (secondary N) is 1. The summed E-state index contributed by atoms with van der Waals surface area (Å²) in [4.78, 5) is 30.9. The fraction of sp³-hybridized carbons (Fsp3) is 0.409. The predicted octanol–water partition coefficient (Wildman–Crippen LogP) is 4.11. The number of anilines is 1. The summed E-state index contributed by atoms with van der Waals surface area (Å²) in [6.07, 6.45) is 5.15. The van der Waals surface area contributed by atoms with E-state index in [2.05, 4.69) is 41.5 Å². The van der Waals surface area contributed by atoms with E-state index in [1.165, 1.54) is 17.3 Å². The molecule has 2 heterocycles. The average molecular weight is 400 g/mol. The lowest BCUT2D eigenvalue weighted by Gasteiger charge is -2.31. The lowest BCUT2D eigenvalue weighted by molar-refractivity contribution is -0.134. The Kier molecular flexibility index (Phi) is 7.04.